The largest absolute Gasteiger partial charge is 0.497 e. The van der Waals surface area contributed by atoms with Gasteiger partial charge in [-0.2, -0.15) is 0 Å². The van der Waals surface area contributed by atoms with Crippen LogP contribution in [-0.4, -0.2) is 31.1 Å². The monoisotopic (exact) mass is 291 g/mol. The molecule has 1 saturated heterocycles. The molecule has 0 saturated carbocycles. The fourth-order valence-corrected chi connectivity index (χ4v) is 3.27. The number of amides is 1. The zero-order valence-corrected chi connectivity index (χ0v) is 12.1. The molecule has 6 heteroatoms. The van der Waals surface area contributed by atoms with Crippen molar-refractivity contribution in [1.82, 2.24) is 10.3 Å². The van der Waals surface area contributed by atoms with Gasteiger partial charge in [0, 0.05) is 6.54 Å². The first-order valence-corrected chi connectivity index (χ1v) is 7.54. The van der Waals surface area contributed by atoms with E-state index >= 15 is 0 Å². The molecule has 0 spiro atoms. The Kier molecular flexibility index (Phi) is 3.84. The zero-order valence-electron chi connectivity index (χ0n) is 11.3. The van der Waals surface area contributed by atoms with Crippen molar-refractivity contribution in [3.05, 3.63) is 18.2 Å². The summed E-state index contributed by atoms with van der Waals surface area (Å²) in [6, 6.07) is 5.71. The standard InChI is InChI=1S/C14H17N3O2S/c1-19-10-4-5-11-12(7-10)20-14(16-11)17-13(18)9-3-2-6-15-8-9/h4-5,7,9,15H,2-3,6,8H2,1H3,(H,16,17,18)/t9-/m1/s1. The van der Waals surface area contributed by atoms with E-state index in [2.05, 4.69) is 15.6 Å². The molecule has 2 N–H and O–H groups in total. The Morgan fingerprint density at radius 1 is 1.55 bits per heavy atom. The number of piperidine rings is 1. The zero-order chi connectivity index (χ0) is 13.9. The molecule has 2 heterocycles. The molecule has 3 rings (SSSR count). The summed E-state index contributed by atoms with van der Waals surface area (Å²) >= 11 is 1.48. The number of methoxy groups -OCH3 is 1. The second-order valence-corrected chi connectivity index (χ2v) is 5.92. The molecule has 1 fully saturated rings. The number of benzene rings is 1. The number of aromatic nitrogens is 1. The number of thiazole rings is 1. The third-order valence-corrected chi connectivity index (χ3v) is 4.43. The highest BCUT2D eigenvalue weighted by Gasteiger charge is 2.21. The fourth-order valence-electron chi connectivity index (χ4n) is 2.37. The lowest BCUT2D eigenvalue weighted by atomic mass is 9.99. The van der Waals surface area contributed by atoms with Crippen molar-refractivity contribution in [2.24, 2.45) is 5.92 Å². The van der Waals surface area contributed by atoms with E-state index in [1.54, 1.807) is 7.11 Å². The molecular weight excluding hydrogens is 274 g/mol. The summed E-state index contributed by atoms with van der Waals surface area (Å²) in [5, 5.41) is 6.83. The van der Waals surface area contributed by atoms with Gasteiger partial charge in [0.15, 0.2) is 5.13 Å². The molecule has 1 amide bonds. The van der Waals surface area contributed by atoms with Crippen LogP contribution < -0.4 is 15.4 Å². The van der Waals surface area contributed by atoms with Gasteiger partial charge in [-0.1, -0.05) is 11.3 Å². The molecule has 1 atom stereocenters. The van der Waals surface area contributed by atoms with Crippen LogP contribution >= 0.6 is 11.3 Å². The summed E-state index contributed by atoms with van der Waals surface area (Å²) in [4.78, 5) is 16.6. The molecule has 106 valence electrons. The van der Waals surface area contributed by atoms with Crippen molar-refractivity contribution in [2.45, 2.75) is 12.8 Å². The van der Waals surface area contributed by atoms with Gasteiger partial charge < -0.3 is 15.4 Å². The topological polar surface area (TPSA) is 63.2 Å². The van der Waals surface area contributed by atoms with Gasteiger partial charge >= 0.3 is 0 Å². The summed E-state index contributed by atoms with van der Waals surface area (Å²) in [6.45, 7) is 1.76. The molecule has 5 nitrogen and oxygen atoms in total. The Balaban J connectivity index is 1.75. The normalized spacial score (nSPS) is 18.9. The Labute approximate surface area is 121 Å². The highest BCUT2D eigenvalue weighted by Crippen LogP contribution is 2.29. The molecular formula is C14H17N3O2S. The van der Waals surface area contributed by atoms with E-state index in [9.17, 15) is 4.79 Å². The summed E-state index contributed by atoms with van der Waals surface area (Å²) < 4.78 is 6.21. The van der Waals surface area contributed by atoms with Crippen molar-refractivity contribution < 1.29 is 9.53 Å². The smallest absolute Gasteiger partial charge is 0.230 e. The summed E-state index contributed by atoms with van der Waals surface area (Å²) in [7, 11) is 1.64. The lowest BCUT2D eigenvalue weighted by Gasteiger charge is -2.21. The van der Waals surface area contributed by atoms with E-state index in [1.165, 1.54) is 11.3 Å². The summed E-state index contributed by atoms with van der Waals surface area (Å²) in [5.41, 5.74) is 0.882. The van der Waals surface area contributed by atoms with Crippen molar-refractivity contribution in [1.29, 1.82) is 0 Å². The summed E-state index contributed by atoms with van der Waals surface area (Å²) in [6.07, 6.45) is 1.99. The minimum atomic E-state index is 0.0466. The van der Waals surface area contributed by atoms with E-state index in [4.69, 9.17) is 4.74 Å². The third-order valence-electron chi connectivity index (χ3n) is 3.49. The number of carbonyl (C=O) groups is 1. The van der Waals surface area contributed by atoms with Crippen LogP contribution in [0.4, 0.5) is 5.13 Å². The van der Waals surface area contributed by atoms with Crippen LogP contribution in [0, 0.1) is 5.92 Å². The first-order valence-electron chi connectivity index (χ1n) is 6.72. The van der Waals surface area contributed by atoms with E-state index in [0.717, 1.165) is 41.9 Å². The average Bonchev–Trinajstić information content (AvgIpc) is 2.89. The van der Waals surface area contributed by atoms with Crippen molar-refractivity contribution in [3.8, 4) is 5.75 Å². The van der Waals surface area contributed by atoms with Crippen molar-refractivity contribution in [2.75, 3.05) is 25.5 Å². The first kappa shape index (κ1) is 13.3. The number of carbonyl (C=O) groups excluding carboxylic acids is 1. The number of nitrogens with one attached hydrogen (secondary N) is 2. The lowest BCUT2D eigenvalue weighted by molar-refractivity contribution is -0.120. The van der Waals surface area contributed by atoms with Gasteiger partial charge in [0.2, 0.25) is 5.91 Å². The molecule has 0 bridgehead atoms. The molecule has 0 unspecified atom stereocenters. The average molecular weight is 291 g/mol. The molecule has 0 radical (unpaired) electrons. The fraction of sp³-hybridized carbons (Fsp3) is 0.429. The number of rotatable bonds is 3. The minimum absolute atomic E-state index is 0.0466. The molecule has 1 aromatic heterocycles. The predicted octanol–water partition coefficient (Wildman–Crippen LogP) is 2.24. The van der Waals surface area contributed by atoms with E-state index in [1.807, 2.05) is 18.2 Å². The van der Waals surface area contributed by atoms with Gasteiger partial charge in [-0.3, -0.25) is 4.79 Å². The van der Waals surface area contributed by atoms with Crippen molar-refractivity contribution in [3.63, 3.8) is 0 Å². The maximum Gasteiger partial charge on any atom is 0.230 e. The number of anilines is 1. The van der Waals surface area contributed by atoms with Crippen LogP contribution in [0.25, 0.3) is 10.2 Å². The first-order chi connectivity index (χ1) is 9.76. The third kappa shape index (κ3) is 2.76. The molecule has 0 aliphatic carbocycles. The SMILES string of the molecule is COc1ccc2nc(NC(=O)[C@@H]3CCCNC3)sc2c1. The number of hydrogen-bond donors (Lipinski definition) is 2. The van der Waals surface area contributed by atoms with Crippen LogP contribution in [0.15, 0.2) is 18.2 Å². The van der Waals surface area contributed by atoms with Gasteiger partial charge in [-0.15, -0.1) is 0 Å². The minimum Gasteiger partial charge on any atom is -0.497 e. The van der Waals surface area contributed by atoms with Crippen LogP contribution in [0.1, 0.15) is 12.8 Å². The quantitative estimate of drug-likeness (QED) is 0.910. The van der Waals surface area contributed by atoms with Gasteiger partial charge in [0.25, 0.3) is 0 Å². The molecule has 2 aromatic rings. The van der Waals surface area contributed by atoms with Crippen LogP contribution in [0.3, 0.4) is 0 Å². The maximum absolute atomic E-state index is 12.2. The second kappa shape index (κ2) is 5.76. The highest BCUT2D eigenvalue weighted by molar-refractivity contribution is 7.22. The maximum atomic E-state index is 12.2. The second-order valence-electron chi connectivity index (χ2n) is 4.89. The lowest BCUT2D eigenvalue weighted by Crippen LogP contribution is -2.37. The number of ether oxygens (including phenoxy) is 1. The number of fused-ring (bicyclic) bond motifs is 1. The Morgan fingerprint density at radius 3 is 3.20 bits per heavy atom. The van der Waals surface area contributed by atoms with E-state index in [0.29, 0.717) is 5.13 Å². The molecule has 1 aliphatic heterocycles. The predicted molar refractivity (Wildman–Crippen MR) is 80.4 cm³/mol. The van der Waals surface area contributed by atoms with Gasteiger partial charge in [-0.25, -0.2) is 4.98 Å². The Bertz CT molecular complexity index is 620. The van der Waals surface area contributed by atoms with Gasteiger partial charge in [-0.05, 0) is 37.6 Å². The van der Waals surface area contributed by atoms with Gasteiger partial charge in [0.05, 0.1) is 23.2 Å². The molecule has 1 aliphatic rings. The number of hydrogen-bond acceptors (Lipinski definition) is 5. The van der Waals surface area contributed by atoms with Gasteiger partial charge in [0.1, 0.15) is 5.75 Å². The van der Waals surface area contributed by atoms with Crippen LogP contribution in [0.2, 0.25) is 0 Å². The van der Waals surface area contributed by atoms with E-state index in [-0.39, 0.29) is 11.8 Å². The summed E-state index contributed by atoms with van der Waals surface area (Å²) in [5.74, 6) is 0.907. The van der Waals surface area contributed by atoms with Crippen molar-refractivity contribution >= 4 is 32.6 Å². The molecule has 20 heavy (non-hydrogen) atoms. The van der Waals surface area contributed by atoms with Crippen LogP contribution in [0.5, 0.6) is 5.75 Å². The molecule has 1 aromatic carbocycles. The Morgan fingerprint density at radius 2 is 2.45 bits per heavy atom. The van der Waals surface area contributed by atoms with E-state index < -0.39 is 0 Å². The van der Waals surface area contributed by atoms with Crippen LogP contribution in [-0.2, 0) is 4.79 Å². The number of nitrogens with zero attached hydrogens (tertiary/aromatic N) is 1. The highest BCUT2D eigenvalue weighted by atomic mass is 32.1. The Hall–Kier alpha value is -1.66.